The SMILES string of the molecule is CC(O)[C@@]1(O)CC[C@H]2[C@@H]3C=CC4CC(O)CC[C@]4(C)[C@H]3CC[C@@]21C. The monoisotopic (exact) mass is 334 g/mol. The molecule has 4 aliphatic carbocycles. The maximum Gasteiger partial charge on any atom is 0.0958 e. The number of rotatable bonds is 1. The molecule has 0 bridgehead atoms. The third-order valence-corrected chi connectivity index (χ3v) is 9.04. The van der Waals surface area contributed by atoms with Crippen LogP contribution >= 0.6 is 0 Å². The fourth-order valence-corrected chi connectivity index (χ4v) is 7.34. The largest absolute Gasteiger partial charge is 0.393 e. The molecule has 0 aliphatic heterocycles. The van der Waals surface area contributed by atoms with Gasteiger partial charge in [0.1, 0.15) is 0 Å². The maximum atomic E-state index is 11.2. The molecule has 0 amide bonds. The van der Waals surface area contributed by atoms with E-state index in [0.29, 0.717) is 29.1 Å². The van der Waals surface area contributed by atoms with E-state index in [4.69, 9.17) is 0 Å². The molecule has 136 valence electrons. The summed E-state index contributed by atoms with van der Waals surface area (Å²) in [5.74, 6) is 2.16. The Hall–Kier alpha value is -0.380. The van der Waals surface area contributed by atoms with Crippen LogP contribution in [0.1, 0.15) is 65.7 Å². The predicted octanol–water partition coefficient (Wildman–Crippen LogP) is 3.28. The molecule has 0 aromatic heterocycles. The van der Waals surface area contributed by atoms with Crippen LogP contribution in [0.3, 0.4) is 0 Å². The lowest BCUT2D eigenvalue weighted by molar-refractivity contribution is -0.171. The first-order valence-electron chi connectivity index (χ1n) is 9.99. The minimum Gasteiger partial charge on any atom is -0.393 e. The lowest BCUT2D eigenvalue weighted by Crippen LogP contribution is -2.58. The summed E-state index contributed by atoms with van der Waals surface area (Å²) in [5, 5.41) is 31.6. The lowest BCUT2D eigenvalue weighted by atomic mass is 9.46. The van der Waals surface area contributed by atoms with Gasteiger partial charge in [-0.25, -0.2) is 0 Å². The van der Waals surface area contributed by atoms with Crippen molar-refractivity contribution >= 4 is 0 Å². The highest BCUT2D eigenvalue weighted by Gasteiger charge is 2.65. The van der Waals surface area contributed by atoms with E-state index in [2.05, 4.69) is 26.0 Å². The Morgan fingerprint density at radius 3 is 2.42 bits per heavy atom. The van der Waals surface area contributed by atoms with Crippen LogP contribution in [-0.4, -0.2) is 33.1 Å². The van der Waals surface area contributed by atoms with Gasteiger partial charge in [0.05, 0.1) is 17.8 Å². The van der Waals surface area contributed by atoms with E-state index in [-0.39, 0.29) is 11.5 Å². The third kappa shape index (κ3) is 2.01. The van der Waals surface area contributed by atoms with E-state index in [1.165, 1.54) is 0 Å². The molecule has 0 heterocycles. The smallest absolute Gasteiger partial charge is 0.0958 e. The van der Waals surface area contributed by atoms with Crippen molar-refractivity contribution in [1.29, 1.82) is 0 Å². The van der Waals surface area contributed by atoms with E-state index < -0.39 is 11.7 Å². The second kappa shape index (κ2) is 5.31. The van der Waals surface area contributed by atoms with Gasteiger partial charge in [-0.3, -0.25) is 0 Å². The van der Waals surface area contributed by atoms with Crippen molar-refractivity contribution in [2.75, 3.05) is 0 Å². The first-order chi connectivity index (χ1) is 11.2. The Morgan fingerprint density at radius 2 is 1.71 bits per heavy atom. The quantitative estimate of drug-likeness (QED) is 0.645. The van der Waals surface area contributed by atoms with Gasteiger partial charge >= 0.3 is 0 Å². The molecule has 3 N–H and O–H groups in total. The summed E-state index contributed by atoms with van der Waals surface area (Å²) in [6, 6.07) is 0. The summed E-state index contributed by atoms with van der Waals surface area (Å²) in [7, 11) is 0. The van der Waals surface area contributed by atoms with Gasteiger partial charge < -0.3 is 15.3 Å². The average Bonchev–Trinajstić information content (AvgIpc) is 2.81. The number of aliphatic hydroxyl groups excluding tert-OH is 2. The number of hydrogen-bond acceptors (Lipinski definition) is 3. The summed E-state index contributed by atoms with van der Waals surface area (Å²) in [5.41, 5.74) is -0.813. The minimum absolute atomic E-state index is 0.134. The molecule has 4 rings (SSSR count). The van der Waals surface area contributed by atoms with E-state index in [1.807, 2.05) is 0 Å². The van der Waals surface area contributed by atoms with Gasteiger partial charge in [0, 0.05) is 5.41 Å². The van der Waals surface area contributed by atoms with Crippen LogP contribution in [0.4, 0.5) is 0 Å². The maximum absolute atomic E-state index is 11.2. The zero-order chi connectivity index (χ0) is 17.3. The Labute approximate surface area is 146 Å². The van der Waals surface area contributed by atoms with Crippen LogP contribution in [0.25, 0.3) is 0 Å². The molecule has 3 unspecified atom stereocenters. The fraction of sp³-hybridized carbons (Fsp3) is 0.905. The summed E-state index contributed by atoms with van der Waals surface area (Å²) >= 11 is 0. The van der Waals surface area contributed by atoms with Crippen molar-refractivity contribution < 1.29 is 15.3 Å². The van der Waals surface area contributed by atoms with Crippen LogP contribution in [0, 0.1) is 34.5 Å². The molecule has 3 saturated carbocycles. The topological polar surface area (TPSA) is 60.7 Å². The molecule has 3 nitrogen and oxygen atoms in total. The zero-order valence-corrected chi connectivity index (χ0v) is 15.4. The van der Waals surface area contributed by atoms with E-state index in [9.17, 15) is 15.3 Å². The highest BCUT2D eigenvalue weighted by molar-refractivity contribution is 5.21. The van der Waals surface area contributed by atoms with Gasteiger partial charge in [-0.05, 0) is 81.0 Å². The molecule has 9 atom stereocenters. The molecular formula is C21H34O3. The number of aliphatic hydroxyl groups is 3. The van der Waals surface area contributed by atoms with E-state index in [0.717, 1.165) is 44.9 Å². The van der Waals surface area contributed by atoms with Crippen LogP contribution in [0.15, 0.2) is 12.2 Å². The van der Waals surface area contributed by atoms with Gasteiger partial charge in [-0.1, -0.05) is 26.0 Å². The second-order valence-electron chi connectivity index (χ2n) is 9.81. The van der Waals surface area contributed by atoms with Crippen molar-refractivity contribution in [2.24, 2.45) is 34.5 Å². The normalized spacial score (nSPS) is 57.8. The molecule has 0 radical (unpaired) electrons. The van der Waals surface area contributed by atoms with Crippen molar-refractivity contribution in [2.45, 2.75) is 83.5 Å². The van der Waals surface area contributed by atoms with Crippen LogP contribution < -0.4 is 0 Å². The number of fused-ring (bicyclic) bond motifs is 5. The van der Waals surface area contributed by atoms with Gasteiger partial charge in [0.15, 0.2) is 0 Å². The molecule has 24 heavy (non-hydrogen) atoms. The highest BCUT2D eigenvalue weighted by Crippen LogP contribution is 2.67. The Bertz CT molecular complexity index is 543. The summed E-state index contributed by atoms with van der Waals surface area (Å²) in [6.45, 7) is 6.43. The second-order valence-corrected chi connectivity index (χ2v) is 9.81. The number of hydrogen-bond donors (Lipinski definition) is 3. The third-order valence-electron chi connectivity index (χ3n) is 9.04. The molecule has 0 saturated heterocycles. The summed E-state index contributed by atoms with van der Waals surface area (Å²) in [6.07, 6.45) is 10.9. The molecule has 3 heteroatoms. The van der Waals surface area contributed by atoms with Crippen LogP contribution in [0.5, 0.6) is 0 Å². The Kier molecular flexibility index (Phi) is 3.77. The zero-order valence-electron chi connectivity index (χ0n) is 15.4. The first-order valence-corrected chi connectivity index (χ1v) is 9.99. The molecular weight excluding hydrogens is 300 g/mol. The van der Waals surface area contributed by atoms with Gasteiger partial charge in [-0.15, -0.1) is 0 Å². The Morgan fingerprint density at radius 1 is 1.00 bits per heavy atom. The van der Waals surface area contributed by atoms with E-state index >= 15 is 0 Å². The van der Waals surface area contributed by atoms with Gasteiger partial charge in [0.2, 0.25) is 0 Å². The molecule has 0 aromatic rings. The predicted molar refractivity (Wildman–Crippen MR) is 94.3 cm³/mol. The standard InChI is InChI=1S/C21H34O3/c1-13(22)21(24)11-8-18-16-5-4-14-12-15(23)6-9-19(14,2)17(16)7-10-20(18,21)3/h4-5,13-18,22-24H,6-12H2,1-3H3/t13?,14?,15?,16-,17+,18+,19+,20+,21+/m1/s1. The fourth-order valence-electron chi connectivity index (χ4n) is 7.34. The van der Waals surface area contributed by atoms with Crippen molar-refractivity contribution in [3.63, 3.8) is 0 Å². The average molecular weight is 335 g/mol. The van der Waals surface area contributed by atoms with Crippen LogP contribution in [0.2, 0.25) is 0 Å². The molecule has 0 spiro atoms. The minimum atomic E-state index is -0.934. The summed E-state index contributed by atoms with van der Waals surface area (Å²) < 4.78 is 0. The van der Waals surface area contributed by atoms with Crippen molar-refractivity contribution in [3.8, 4) is 0 Å². The van der Waals surface area contributed by atoms with Crippen molar-refractivity contribution in [1.82, 2.24) is 0 Å². The highest BCUT2D eigenvalue weighted by atomic mass is 16.3. The van der Waals surface area contributed by atoms with E-state index in [1.54, 1.807) is 6.92 Å². The lowest BCUT2D eigenvalue weighted by Gasteiger charge is -2.59. The van der Waals surface area contributed by atoms with Crippen LogP contribution in [-0.2, 0) is 0 Å². The number of allylic oxidation sites excluding steroid dienone is 2. The summed E-state index contributed by atoms with van der Waals surface area (Å²) in [4.78, 5) is 0. The molecule has 3 fully saturated rings. The van der Waals surface area contributed by atoms with Gasteiger partial charge in [-0.2, -0.15) is 0 Å². The Balaban J connectivity index is 1.68. The van der Waals surface area contributed by atoms with Crippen molar-refractivity contribution in [3.05, 3.63) is 12.2 Å². The molecule has 4 aliphatic rings. The molecule has 0 aromatic carbocycles. The van der Waals surface area contributed by atoms with Gasteiger partial charge in [0.25, 0.3) is 0 Å². The first kappa shape index (κ1) is 17.1.